The van der Waals surface area contributed by atoms with Gasteiger partial charge in [0.1, 0.15) is 0 Å². The van der Waals surface area contributed by atoms with Crippen LogP contribution in [0, 0.1) is 13.8 Å². The van der Waals surface area contributed by atoms with Crippen LogP contribution < -0.4 is 5.32 Å². The van der Waals surface area contributed by atoms with Gasteiger partial charge in [-0.05, 0) is 31.0 Å². The van der Waals surface area contributed by atoms with Crippen LogP contribution in [-0.2, 0) is 4.79 Å². The van der Waals surface area contributed by atoms with E-state index in [1.165, 1.54) is 5.56 Å². The van der Waals surface area contributed by atoms with Crippen LogP contribution in [0.3, 0.4) is 0 Å². The van der Waals surface area contributed by atoms with Crippen molar-refractivity contribution in [3.8, 4) is 0 Å². The highest BCUT2D eigenvalue weighted by molar-refractivity contribution is 8.01. The van der Waals surface area contributed by atoms with Crippen molar-refractivity contribution >= 4 is 23.4 Å². The van der Waals surface area contributed by atoms with E-state index >= 15 is 0 Å². The monoisotopic (exact) mass is 251 g/mol. The molecule has 0 saturated carbocycles. The third-order valence-electron chi connectivity index (χ3n) is 2.51. The van der Waals surface area contributed by atoms with Gasteiger partial charge in [-0.1, -0.05) is 32.9 Å². The van der Waals surface area contributed by atoms with Crippen molar-refractivity contribution in [1.82, 2.24) is 0 Å². The smallest absolute Gasteiger partial charge is 0.234 e. The topological polar surface area (TPSA) is 29.1 Å². The predicted molar refractivity (Wildman–Crippen MR) is 76.8 cm³/mol. The zero-order valence-corrected chi connectivity index (χ0v) is 12.1. The molecule has 0 heterocycles. The number of hydrogen-bond acceptors (Lipinski definition) is 2. The Hall–Kier alpha value is -0.960. The van der Waals surface area contributed by atoms with Gasteiger partial charge in [0.25, 0.3) is 0 Å². The van der Waals surface area contributed by atoms with Gasteiger partial charge in [-0.15, -0.1) is 11.8 Å². The third-order valence-corrected chi connectivity index (χ3v) is 3.79. The lowest BCUT2D eigenvalue weighted by molar-refractivity contribution is -0.113. The van der Waals surface area contributed by atoms with E-state index in [0.717, 1.165) is 11.3 Å². The highest BCUT2D eigenvalue weighted by atomic mass is 32.2. The summed E-state index contributed by atoms with van der Waals surface area (Å²) in [5.41, 5.74) is 3.26. The van der Waals surface area contributed by atoms with Crippen LogP contribution in [0.25, 0.3) is 0 Å². The quantitative estimate of drug-likeness (QED) is 0.886. The van der Waals surface area contributed by atoms with Crippen molar-refractivity contribution in [2.45, 2.75) is 39.4 Å². The summed E-state index contributed by atoms with van der Waals surface area (Å²) in [6, 6.07) is 5.96. The predicted octanol–water partition coefficient (Wildman–Crippen LogP) is 3.77. The highest BCUT2D eigenvalue weighted by Gasteiger charge is 2.13. The largest absolute Gasteiger partial charge is 0.325 e. The molecule has 1 aromatic rings. The second-order valence-electron chi connectivity index (χ2n) is 5.20. The number of benzene rings is 1. The molecule has 0 fully saturated rings. The van der Waals surface area contributed by atoms with E-state index in [-0.39, 0.29) is 10.7 Å². The number of nitrogens with one attached hydrogen (secondary N) is 1. The Bertz CT molecular complexity index is 407. The van der Waals surface area contributed by atoms with E-state index in [1.807, 2.05) is 19.1 Å². The first-order chi connectivity index (χ1) is 7.79. The summed E-state index contributed by atoms with van der Waals surface area (Å²) in [5, 5.41) is 2.96. The maximum absolute atomic E-state index is 11.8. The minimum Gasteiger partial charge on any atom is -0.325 e. The van der Waals surface area contributed by atoms with Gasteiger partial charge in [0.2, 0.25) is 5.91 Å². The number of hydrogen-bond donors (Lipinski definition) is 1. The fourth-order valence-corrected chi connectivity index (χ4v) is 1.99. The number of thioether (sulfide) groups is 1. The van der Waals surface area contributed by atoms with Gasteiger partial charge in [0.05, 0.1) is 5.75 Å². The van der Waals surface area contributed by atoms with Crippen LogP contribution >= 0.6 is 11.8 Å². The summed E-state index contributed by atoms with van der Waals surface area (Å²) in [4.78, 5) is 11.8. The Kier molecular flexibility index (Phi) is 4.63. The molecule has 1 rings (SSSR count). The molecule has 2 nitrogen and oxygen atoms in total. The Morgan fingerprint density at radius 3 is 2.53 bits per heavy atom. The van der Waals surface area contributed by atoms with Crippen molar-refractivity contribution in [2.75, 3.05) is 11.1 Å². The lowest BCUT2D eigenvalue weighted by Crippen LogP contribution is -2.19. The molecule has 1 N–H and O–H groups in total. The van der Waals surface area contributed by atoms with Gasteiger partial charge in [0, 0.05) is 10.4 Å². The van der Waals surface area contributed by atoms with Crippen LogP contribution in [0.15, 0.2) is 18.2 Å². The number of anilines is 1. The average molecular weight is 251 g/mol. The molecule has 1 aromatic carbocycles. The molecule has 0 aromatic heterocycles. The van der Waals surface area contributed by atoms with E-state index in [0.29, 0.717) is 5.75 Å². The second-order valence-corrected chi connectivity index (χ2v) is 7.00. The Labute approximate surface area is 108 Å². The maximum atomic E-state index is 11.8. The molecule has 0 saturated heterocycles. The summed E-state index contributed by atoms with van der Waals surface area (Å²) >= 11 is 1.66. The molecule has 0 atom stereocenters. The molecule has 3 heteroatoms. The maximum Gasteiger partial charge on any atom is 0.234 e. The summed E-state index contributed by atoms with van der Waals surface area (Å²) in [5.74, 6) is 0.565. The number of carbonyl (C=O) groups excluding carboxylic acids is 1. The van der Waals surface area contributed by atoms with E-state index in [9.17, 15) is 4.79 Å². The normalized spacial score (nSPS) is 11.4. The van der Waals surface area contributed by atoms with Crippen LogP contribution in [0.4, 0.5) is 5.69 Å². The molecule has 0 aliphatic rings. The Morgan fingerprint density at radius 2 is 1.94 bits per heavy atom. The first-order valence-electron chi connectivity index (χ1n) is 5.79. The number of aryl methyl sites for hydroxylation is 1. The van der Waals surface area contributed by atoms with Gasteiger partial charge in [-0.3, -0.25) is 4.79 Å². The Morgan fingerprint density at radius 1 is 1.29 bits per heavy atom. The minimum atomic E-state index is 0.0682. The number of rotatable bonds is 3. The molecule has 0 aliphatic carbocycles. The number of carbonyl (C=O) groups is 1. The van der Waals surface area contributed by atoms with E-state index < -0.39 is 0 Å². The first-order valence-corrected chi connectivity index (χ1v) is 6.78. The van der Waals surface area contributed by atoms with Crippen LogP contribution in [-0.4, -0.2) is 16.4 Å². The highest BCUT2D eigenvalue weighted by Crippen LogP contribution is 2.24. The average Bonchev–Trinajstić information content (AvgIpc) is 2.21. The van der Waals surface area contributed by atoms with Crippen LogP contribution in [0.5, 0.6) is 0 Å². The number of amides is 1. The molecule has 0 spiro atoms. The molecule has 0 aliphatic heterocycles. The molecular weight excluding hydrogens is 230 g/mol. The lowest BCUT2D eigenvalue weighted by Gasteiger charge is -2.17. The lowest BCUT2D eigenvalue weighted by atomic mass is 10.1. The van der Waals surface area contributed by atoms with Gasteiger partial charge < -0.3 is 5.32 Å². The zero-order chi connectivity index (χ0) is 13.1. The molecule has 0 bridgehead atoms. The molecule has 1 amide bonds. The minimum absolute atomic E-state index is 0.0682. The van der Waals surface area contributed by atoms with E-state index in [4.69, 9.17) is 0 Å². The molecule has 0 radical (unpaired) electrons. The molecular formula is C14H21NOS. The van der Waals surface area contributed by atoms with E-state index in [2.05, 4.69) is 39.1 Å². The fraction of sp³-hybridized carbons (Fsp3) is 0.500. The van der Waals surface area contributed by atoms with Gasteiger partial charge >= 0.3 is 0 Å². The summed E-state index contributed by atoms with van der Waals surface area (Å²) in [6.45, 7) is 10.4. The molecule has 17 heavy (non-hydrogen) atoms. The fourth-order valence-electron chi connectivity index (χ4n) is 1.35. The van der Waals surface area contributed by atoms with Crippen LogP contribution in [0.1, 0.15) is 31.9 Å². The van der Waals surface area contributed by atoms with Crippen molar-refractivity contribution in [3.05, 3.63) is 29.3 Å². The standard InChI is InChI=1S/C14H21NOS/c1-10-7-6-8-12(11(10)2)15-13(16)9-17-14(3,4)5/h6-8H,9H2,1-5H3,(H,15,16). The summed E-state index contributed by atoms with van der Waals surface area (Å²) in [7, 11) is 0. The van der Waals surface area contributed by atoms with Crippen molar-refractivity contribution < 1.29 is 4.79 Å². The van der Waals surface area contributed by atoms with Crippen molar-refractivity contribution in [2.24, 2.45) is 0 Å². The van der Waals surface area contributed by atoms with E-state index in [1.54, 1.807) is 11.8 Å². The SMILES string of the molecule is Cc1cccc(NC(=O)CSC(C)(C)C)c1C. The first kappa shape index (κ1) is 14.1. The molecule has 94 valence electrons. The Balaban J connectivity index is 2.60. The zero-order valence-electron chi connectivity index (χ0n) is 11.3. The summed E-state index contributed by atoms with van der Waals surface area (Å²) < 4.78 is 0.124. The third kappa shape index (κ3) is 4.82. The van der Waals surface area contributed by atoms with Gasteiger partial charge in [-0.25, -0.2) is 0 Å². The van der Waals surface area contributed by atoms with Gasteiger partial charge in [-0.2, -0.15) is 0 Å². The van der Waals surface area contributed by atoms with Crippen LogP contribution in [0.2, 0.25) is 0 Å². The molecule has 0 unspecified atom stereocenters. The summed E-state index contributed by atoms with van der Waals surface area (Å²) in [6.07, 6.45) is 0. The van der Waals surface area contributed by atoms with Gasteiger partial charge in [0.15, 0.2) is 0 Å². The van der Waals surface area contributed by atoms with Crippen molar-refractivity contribution in [3.63, 3.8) is 0 Å². The van der Waals surface area contributed by atoms with Crippen molar-refractivity contribution in [1.29, 1.82) is 0 Å². The second kappa shape index (κ2) is 5.58.